The van der Waals surface area contributed by atoms with Gasteiger partial charge < -0.3 is 5.32 Å². The van der Waals surface area contributed by atoms with E-state index in [0.29, 0.717) is 6.54 Å². The lowest BCUT2D eigenvalue weighted by Crippen LogP contribution is -2.03. The maximum atomic E-state index is 6.12. The lowest BCUT2D eigenvalue weighted by Gasteiger charge is -2.09. The van der Waals surface area contributed by atoms with Crippen molar-refractivity contribution in [2.24, 2.45) is 0 Å². The molecule has 4 heteroatoms. The van der Waals surface area contributed by atoms with E-state index < -0.39 is 0 Å². The molecule has 1 aromatic heterocycles. The van der Waals surface area contributed by atoms with Gasteiger partial charge in [0.1, 0.15) is 0 Å². The van der Waals surface area contributed by atoms with Gasteiger partial charge in [-0.25, -0.2) is 4.68 Å². The molecule has 21 heavy (non-hydrogen) atoms. The molecule has 0 aliphatic carbocycles. The van der Waals surface area contributed by atoms with Gasteiger partial charge in [-0.05, 0) is 42.8 Å². The second-order valence-electron chi connectivity index (χ2n) is 4.85. The van der Waals surface area contributed by atoms with E-state index in [2.05, 4.69) is 10.4 Å². The fraction of sp³-hybridized carbons (Fsp3) is 0.118. The average Bonchev–Trinajstić information content (AvgIpc) is 2.99. The number of aromatic nitrogens is 2. The topological polar surface area (TPSA) is 29.9 Å². The molecular weight excluding hydrogens is 282 g/mol. The van der Waals surface area contributed by atoms with E-state index in [1.54, 1.807) is 0 Å². The van der Waals surface area contributed by atoms with Gasteiger partial charge in [-0.1, -0.05) is 35.9 Å². The molecule has 0 atom stereocenters. The number of hydrogen-bond donors (Lipinski definition) is 1. The highest BCUT2D eigenvalue weighted by Crippen LogP contribution is 2.23. The Bertz CT molecular complexity index is 735. The maximum Gasteiger partial charge on any atom is 0.0819 e. The molecule has 1 N–H and O–H groups in total. The predicted molar refractivity (Wildman–Crippen MR) is 87.1 cm³/mol. The normalized spacial score (nSPS) is 10.6. The van der Waals surface area contributed by atoms with Gasteiger partial charge in [0.05, 0.1) is 17.9 Å². The molecule has 0 saturated carbocycles. The first-order valence-electron chi connectivity index (χ1n) is 6.83. The van der Waals surface area contributed by atoms with E-state index in [9.17, 15) is 0 Å². The highest BCUT2D eigenvalue weighted by Gasteiger charge is 2.04. The number of benzene rings is 2. The highest BCUT2D eigenvalue weighted by atomic mass is 35.5. The van der Waals surface area contributed by atoms with Gasteiger partial charge >= 0.3 is 0 Å². The number of nitrogens with one attached hydrogen (secondary N) is 1. The molecular formula is C17H16ClN3. The van der Waals surface area contributed by atoms with E-state index in [1.165, 1.54) is 0 Å². The zero-order valence-electron chi connectivity index (χ0n) is 11.8. The summed E-state index contributed by atoms with van der Waals surface area (Å²) in [4.78, 5) is 0. The monoisotopic (exact) mass is 297 g/mol. The van der Waals surface area contributed by atoms with Crippen LogP contribution < -0.4 is 5.32 Å². The zero-order valence-corrected chi connectivity index (χ0v) is 12.5. The first kappa shape index (κ1) is 13.7. The standard InChI is InChI=1S/C17H16ClN3/c1-13-16(18)8-5-9-17(13)19-12-14-10-11-21(20-14)15-6-3-2-4-7-15/h2-11,19H,12H2,1H3. The molecule has 0 saturated heterocycles. The van der Waals surface area contributed by atoms with Gasteiger partial charge in [0.15, 0.2) is 0 Å². The summed E-state index contributed by atoms with van der Waals surface area (Å²) in [5.41, 5.74) is 4.14. The lowest BCUT2D eigenvalue weighted by molar-refractivity contribution is 0.844. The zero-order chi connectivity index (χ0) is 14.7. The molecule has 0 spiro atoms. The minimum absolute atomic E-state index is 0.668. The first-order chi connectivity index (χ1) is 10.2. The summed E-state index contributed by atoms with van der Waals surface area (Å²) >= 11 is 6.12. The summed E-state index contributed by atoms with van der Waals surface area (Å²) in [7, 11) is 0. The molecule has 3 rings (SSSR count). The SMILES string of the molecule is Cc1c(Cl)cccc1NCc1ccn(-c2ccccc2)n1. The summed E-state index contributed by atoms with van der Waals surface area (Å²) in [6, 6.07) is 17.9. The van der Waals surface area contributed by atoms with Crippen molar-refractivity contribution in [3.8, 4) is 5.69 Å². The van der Waals surface area contributed by atoms with Crippen LogP contribution >= 0.6 is 11.6 Å². The number of halogens is 1. The van der Waals surface area contributed by atoms with Crippen LogP contribution in [0.4, 0.5) is 5.69 Å². The Morgan fingerprint density at radius 2 is 1.86 bits per heavy atom. The van der Waals surface area contributed by atoms with Crippen LogP contribution in [0.1, 0.15) is 11.3 Å². The summed E-state index contributed by atoms with van der Waals surface area (Å²) in [6.45, 7) is 2.67. The predicted octanol–water partition coefficient (Wildman–Crippen LogP) is 4.45. The lowest BCUT2D eigenvalue weighted by atomic mass is 10.2. The van der Waals surface area contributed by atoms with Crippen molar-refractivity contribution >= 4 is 17.3 Å². The number of anilines is 1. The molecule has 3 aromatic rings. The highest BCUT2D eigenvalue weighted by molar-refractivity contribution is 6.31. The van der Waals surface area contributed by atoms with Gasteiger partial charge in [-0.3, -0.25) is 0 Å². The van der Waals surface area contributed by atoms with Crippen LogP contribution in [0.5, 0.6) is 0 Å². The molecule has 0 amide bonds. The molecule has 0 aliphatic rings. The van der Waals surface area contributed by atoms with Crippen LogP contribution in [-0.4, -0.2) is 9.78 Å². The van der Waals surface area contributed by atoms with Crippen molar-refractivity contribution in [1.82, 2.24) is 9.78 Å². The van der Waals surface area contributed by atoms with Crippen LogP contribution in [0.3, 0.4) is 0 Å². The second-order valence-corrected chi connectivity index (χ2v) is 5.26. The molecule has 2 aromatic carbocycles. The summed E-state index contributed by atoms with van der Waals surface area (Å²) in [5.74, 6) is 0. The summed E-state index contributed by atoms with van der Waals surface area (Å²) < 4.78 is 1.88. The van der Waals surface area contributed by atoms with E-state index in [0.717, 1.165) is 27.7 Å². The van der Waals surface area contributed by atoms with Crippen molar-refractivity contribution in [1.29, 1.82) is 0 Å². The molecule has 0 aliphatic heterocycles. The first-order valence-corrected chi connectivity index (χ1v) is 7.21. The third-order valence-corrected chi connectivity index (χ3v) is 3.80. The Morgan fingerprint density at radius 3 is 2.67 bits per heavy atom. The van der Waals surface area contributed by atoms with Gasteiger partial charge in [-0.15, -0.1) is 0 Å². The molecule has 1 heterocycles. The molecule has 3 nitrogen and oxygen atoms in total. The van der Waals surface area contributed by atoms with Gasteiger partial charge in [0, 0.05) is 16.9 Å². The minimum Gasteiger partial charge on any atom is -0.379 e. The van der Waals surface area contributed by atoms with Crippen molar-refractivity contribution in [3.63, 3.8) is 0 Å². The van der Waals surface area contributed by atoms with Gasteiger partial charge in [-0.2, -0.15) is 5.10 Å². The molecule has 0 unspecified atom stereocenters. The fourth-order valence-corrected chi connectivity index (χ4v) is 2.34. The summed E-state index contributed by atoms with van der Waals surface area (Å²) in [5, 5.41) is 8.72. The van der Waals surface area contributed by atoms with Crippen LogP contribution in [-0.2, 0) is 6.54 Å². The Kier molecular flexibility index (Phi) is 3.93. The Balaban J connectivity index is 1.72. The van der Waals surface area contributed by atoms with Gasteiger partial charge in [0.2, 0.25) is 0 Å². The maximum absolute atomic E-state index is 6.12. The quantitative estimate of drug-likeness (QED) is 0.771. The number of para-hydroxylation sites is 1. The van der Waals surface area contributed by atoms with E-state index in [-0.39, 0.29) is 0 Å². The van der Waals surface area contributed by atoms with Crippen molar-refractivity contribution in [2.45, 2.75) is 13.5 Å². The smallest absolute Gasteiger partial charge is 0.0819 e. The van der Waals surface area contributed by atoms with Crippen LogP contribution in [0.15, 0.2) is 60.8 Å². The largest absolute Gasteiger partial charge is 0.379 e. The third kappa shape index (κ3) is 3.09. The van der Waals surface area contributed by atoms with Crippen molar-refractivity contribution in [2.75, 3.05) is 5.32 Å². The molecule has 106 valence electrons. The molecule has 0 bridgehead atoms. The Morgan fingerprint density at radius 1 is 1.05 bits per heavy atom. The van der Waals surface area contributed by atoms with Gasteiger partial charge in [0.25, 0.3) is 0 Å². The number of rotatable bonds is 4. The Labute approximate surface area is 129 Å². The molecule has 0 fully saturated rings. The fourth-order valence-electron chi connectivity index (χ4n) is 2.17. The van der Waals surface area contributed by atoms with Crippen LogP contribution in [0.25, 0.3) is 5.69 Å². The van der Waals surface area contributed by atoms with Crippen molar-refractivity contribution in [3.05, 3.63) is 77.1 Å². The number of nitrogens with zero attached hydrogens (tertiary/aromatic N) is 2. The Hall–Kier alpha value is -2.26. The van der Waals surface area contributed by atoms with Crippen molar-refractivity contribution < 1.29 is 0 Å². The minimum atomic E-state index is 0.668. The molecule has 0 radical (unpaired) electrons. The van der Waals surface area contributed by atoms with E-state index in [4.69, 9.17) is 11.6 Å². The number of hydrogen-bond acceptors (Lipinski definition) is 2. The summed E-state index contributed by atoms with van der Waals surface area (Å²) in [6.07, 6.45) is 1.97. The van der Waals surface area contributed by atoms with Crippen LogP contribution in [0, 0.1) is 6.92 Å². The average molecular weight is 298 g/mol. The third-order valence-electron chi connectivity index (χ3n) is 3.39. The van der Waals surface area contributed by atoms with E-state index in [1.807, 2.05) is 72.4 Å². The van der Waals surface area contributed by atoms with E-state index >= 15 is 0 Å². The second kappa shape index (κ2) is 6.02. The van der Waals surface area contributed by atoms with Crippen LogP contribution in [0.2, 0.25) is 5.02 Å².